The molecular formula is C29H29N5O2. The summed E-state index contributed by atoms with van der Waals surface area (Å²) in [6, 6.07) is 26.9. The maximum Gasteiger partial charge on any atom is 0.227 e. The Hall–Kier alpha value is -4.10. The molecule has 0 saturated carbocycles. The number of ether oxygens (including phenoxy) is 2. The van der Waals surface area contributed by atoms with E-state index in [0.717, 1.165) is 61.2 Å². The number of anilines is 3. The zero-order chi connectivity index (χ0) is 24.2. The van der Waals surface area contributed by atoms with Crippen molar-refractivity contribution >= 4 is 17.3 Å². The number of fused-ring (bicyclic) bond motifs is 1. The van der Waals surface area contributed by atoms with Crippen LogP contribution in [0, 0.1) is 0 Å². The Labute approximate surface area is 211 Å². The number of aromatic nitrogens is 2. The quantitative estimate of drug-likeness (QED) is 0.418. The molecule has 0 amide bonds. The van der Waals surface area contributed by atoms with E-state index in [1.54, 1.807) is 6.20 Å². The Bertz CT molecular complexity index is 1320. The van der Waals surface area contributed by atoms with Crippen molar-refractivity contribution < 1.29 is 9.47 Å². The van der Waals surface area contributed by atoms with E-state index < -0.39 is 0 Å². The first-order chi connectivity index (χ1) is 17.8. The summed E-state index contributed by atoms with van der Waals surface area (Å²) in [6.07, 6.45) is 1.79. The smallest absolute Gasteiger partial charge is 0.227 e. The van der Waals surface area contributed by atoms with Crippen molar-refractivity contribution in [2.45, 2.75) is 6.54 Å². The summed E-state index contributed by atoms with van der Waals surface area (Å²) < 4.78 is 11.4. The Morgan fingerprint density at radius 3 is 2.47 bits per heavy atom. The highest BCUT2D eigenvalue weighted by Gasteiger charge is 2.19. The fourth-order valence-corrected chi connectivity index (χ4v) is 4.71. The molecule has 0 unspecified atom stereocenters. The molecule has 6 rings (SSSR count). The Balaban J connectivity index is 1.08. The molecule has 1 N–H and O–H groups in total. The third-order valence-corrected chi connectivity index (χ3v) is 6.58. The summed E-state index contributed by atoms with van der Waals surface area (Å²) >= 11 is 0. The molecule has 7 heteroatoms. The van der Waals surface area contributed by atoms with Crippen molar-refractivity contribution in [2.75, 3.05) is 49.6 Å². The van der Waals surface area contributed by atoms with Crippen LogP contribution in [0.2, 0.25) is 0 Å². The highest BCUT2D eigenvalue weighted by Crippen LogP contribution is 2.31. The van der Waals surface area contributed by atoms with Crippen LogP contribution in [0.1, 0.15) is 5.56 Å². The van der Waals surface area contributed by atoms with Gasteiger partial charge in [-0.3, -0.25) is 4.90 Å². The summed E-state index contributed by atoms with van der Waals surface area (Å²) in [6.45, 7) is 6.14. The molecule has 3 heterocycles. The monoisotopic (exact) mass is 479 g/mol. The van der Waals surface area contributed by atoms with Crippen LogP contribution < -0.4 is 19.7 Å². The van der Waals surface area contributed by atoms with Gasteiger partial charge in [0.2, 0.25) is 5.95 Å². The molecular weight excluding hydrogens is 450 g/mol. The van der Waals surface area contributed by atoms with Gasteiger partial charge in [0.05, 0.1) is 5.69 Å². The van der Waals surface area contributed by atoms with E-state index in [1.165, 1.54) is 11.3 Å². The SMILES string of the molecule is c1ccc(-c2ccnc(Nc3cccc(N4CCN(Cc5ccc6c(c5)OCCO6)CC4)c3)n2)cc1. The summed E-state index contributed by atoms with van der Waals surface area (Å²) in [5.41, 5.74) is 5.43. The van der Waals surface area contributed by atoms with Crippen LogP contribution in [0.3, 0.4) is 0 Å². The molecule has 0 bridgehead atoms. The Morgan fingerprint density at radius 1 is 0.778 bits per heavy atom. The second kappa shape index (κ2) is 10.3. The zero-order valence-corrected chi connectivity index (χ0v) is 20.1. The van der Waals surface area contributed by atoms with Gasteiger partial charge in [0.15, 0.2) is 11.5 Å². The molecule has 1 aromatic heterocycles. The summed E-state index contributed by atoms with van der Waals surface area (Å²) in [5.74, 6) is 2.30. The first-order valence-corrected chi connectivity index (χ1v) is 12.4. The fourth-order valence-electron chi connectivity index (χ4n) is 4.71. The van der Waals surface area contributed by atoms with Crippen molar-refractivity contribution in [1.29, 1.82) is 0 Å². The van der Waals surface area contributed by atoms with Crippen LogP contribution in [0.4, 0.5) is 17.3 Å². The largest absolute Gasteiger partial charge is 0.486 e. The Kier molecular flexibility index (Phi) is 6.37. The van der Waals surface area contributed by atoms with Crippen molar-refractivity contribution in [2.24, 2.45) is 0 Å². The molecule has 182 valence electrons. The lowest BCUT2D eigenvalue weighted by molar-refractivity contribution is 0.171. The van der Waals surface area contributed by atoms with Crippen LogP contribution in [-0.4, -0.2) is 54.3 Å². The molecule has 2 aliphatic rings. The third kappa shape index (κ3) is 5.11. The van der Waals surface area contributed by atoms with Gasteiger partial charge in [-0.2, -0.15) is 0 Å². The van der Waals surface area contributed by atoms with E-state index in [0.29, 0.717) is 19.2 Å². The second-order valence-corrected chi connectivity index (χ2v) is 9.05. The maximum atomic E-state index is 5.74. The number of piperazine rings is 1. The highest BCUT2D eigenvalue weighted by atomic mass is 16.6. The van der Waals surface area contributed by atoms with Crippen LogP contribution in [0.25, 0.3) is 11.3 Å². The summed E-state index contributed by atoms with van der Waals surface area (Å²) in [5, 5.41) is 3.38. The van der Waals surface area contributed by atoms with Crippen molar-refractivity contribution in [3.63, 3.8) is 0 Å². The number of hydrogen-bond acceptors (Lipinski definition) is 7. The summed E-state index contributed by atoms with van der Waals surface area (Å²) in [4.78, 5) is 14.0. The predicted octanol–water partition coefficient (Wildman–Crippen LogP) is 4.98. The molecule has 0 atom stereocenters. The molecule has 3 aromatic carbocycles. The average Bonchev–Trinajstić information content (AvgIpc) is 2.94. The molecule has 4 aromatic rings. The van der Waals surface area contributed by atoms with Crippen LogP contribution in [0.5, 0.6) is 11.5 Å². The van der Waals surface area contributed by atoms with Gasteiger partial charge in [0.1, 0.15) is 13.2 Å². The van der Waals surface area contributed by atoms with Gasteiger partial charge in [0, 0.05) is 55.9 Å². The maximum absolute atomic E-state index is 5.74. The number of nitrogens with zero attached hydrogens (tertiary/aromatic N) is 4. The van der Waals surface area contributed by atoms with Gasteiger partial charge >= 0.3 is 0 Å². The van der Waals surface area contributed by atoms with Gasteiger partial charge in [0.25, 0.3) is 0 Å². The van der Waals surface area contributed by atoms with E-state index in [4.69, 9.17) is 14.5 Å². The molecule has 0 aliphatic carbocycles. The van der Waals surface area contributed by atoms with Gasteiger partial charge in [-0.25, -0.2) is 9.97 Å². The minimum atomic E-state index is 0.595. The lowest BCUT2D eigenvalue weighted by atomic mass is 10.1. The minimum Gasteiger partial charge on any atom is -0.486 e. The minimum absolute atomic E-state index is 0.595. The van der Waals surface area contributed by atoms with Gasteiger partial charge in [-0.15, -0.1) is 0 Å². The fraction of sp³-hybridized carbons (Fsp3) is 0.241. The van der Waals surface area contributed by atoms with E-state index in [9.17, 15) is 0 Å². The molecule has 7 nitrogen and oxygen atoms in total. The van der Waals surface area contributed by atoms with Crippen molar-refractivity contribution in [3.8, 4) is 22.8 Å². The van der Waals surface area contributed by atoms with Gasteiger partial charge in [-0.05, 0) is 42.0 Å². The standard InChI is InChI=1S/C29H29N5O2/c1-2-5-23(6-3-1)26-11-12-30-29(32-26)31-24-7-4-8-25(20-24)34-15-13-33(14-16-34)21-22-9-10-27-28(19-22)36-18-17-35-27/h1-12,19-20H,13-18,21H2,(H,30,31,32). The first-order valence-electron chi connectivity index (χ1n) is 12.4. The number of hydrogen-bond donors (Lipinski definition) is 1. The number of nitrogens with one attached hydrogen (secondary N) is 1. The van der Waals surface area contributed by atoms with E-state index >= 15 is 0 Å². The molecule has 36 heavy (non-hydrogen) atoms. The molecule has 0 radical (unpaired) electrons. The lowest BCUT2D eigenvalue weighted by Gasteiger charge is -2.36. The molecule has 1 fully saturated rings. The molecule has 0 spiro atoms. The van der Waals surface area contributed by atoms with E-state index in [1.807, 2.05) is 30.3 Å². The lowest BCUT2D eigenvalue weighted by Crippen LogP contribution is -2.46. The van der Waals surface area contributed by atoms with Crippen LogP contribution in [-0.2, 0) is 6.54 Å². The first kappa shape index (κ1) is 22.4. The number of benzene rings is 3. The Morgan fingerprint density at radius 2 is 1.61 bits per heavy atom. The number of rotatable bonds is 6. The topological polar surface area (TPSA) is 62.8 Å². The van der Waals surface area contributed by atoms with Crippen molar-refractivity contribution in [3.05, 3.63) is 90.6 Å². The van der Waals surface area contributed by atoms with Crippen molar-refractivity contribution in [1.82, 2.24) is 14.9 Å². The molecule has 1 saturated heterocycles. The normalized spacial score (nSPS) is 15.5. The predicted molar refractivity (Wildman–Crippen MR) is 142 cm³/mol. The molecule has 2 aliphatic heterocycles. The second-order valence-electron chi connectivity index (χ2n) is 9.05. The third-order valence-electron chi connectivity index (χ3n) is 6.58. The highest BCUT2D eigenvalue weighted by molar-refractivity contribution is 5.65. The van der Waals surface area contributed by atoms with Gasteiger partial charge < -0.3 is 19.7 Å². The van der Waals surface area contributed by atoms with Gasteiger partial charge in [-0.1, -0.05) is 42.5 Å². The zero-order valence-electron chi connectivity index (χ0n) is 20.1. The average molecular weight is 480 g/mol. The van der Waals surface area contributed by atoms with Crippen LogP contribution >= 0.6 is 0 Å². The van der Waals surface area contributed by atoms with E-state index in [-0.39, 0.29) is 0 Å². The van der Waals surface area contributed by atoms with Crippen LogP contribution in [0.15, 0.2) is 85.1 Å². The summed E-state index contributed by atoms with van der Waals surface area (Å²) in [7, 11) is 0. The van der Waals surface area contributed by atoms with E-state index in [2.05, 4.69) is 68.6 Å².